The highest BCUT2D eigenvalue weighted by atomic mass is 16.5. The van der Waals surface area contributed by atoms with E-state index in [9.17, 15) is 4.79 Å². The molecule has 1 aliphatic rings. The van der Waals surface area contributed by atoms with Gasteiger partial charge in [0.1, 0.15) is 6.10 Å². The molecule has 58 valence electrons. The molecule has 1 saturated heterocycles. The van der Waals surface area contributed by atoms with Crippen LogP contribution in [0.1, 0.15) is 6.42 Å². The second-order valence-electron chi connectivity index (χ2n) is 2.23. The van der Waals surface area contributed by atoms with E-state index in [2.05, 4.69) is 5.32 Å². The fourth-order valence-electron chi connectivity index (χ4n) is 0.941. The number of hydrogen-bond donors (Lipinski definition) is 2. The second-order valence-corrected chi connectivity index (χ2v) is 2.23. The van der Waals surface area contributed by atoms with E-state index < -0.39 is 0 Å². The molecule has 0 aromatic carbocycles. The summed E-state index contributed by atoms with van der Waals surface area (Å²) in [5, 5.41) is 2.67. The molecular weight excluding hydrogens is 132 g/mol. The lowest BCUT2D eigenvalue weighted by atomic mass is 10.3. The van der Waals surface area contributed by atoms with E-state index in [4.69, 9.17) is 10.5 Å². The largest absolute Gasteiger partial charge is 0.367 e. The molecule has 10 heavy (non-hydrogen) atoms. The Kier molecular flexibility index (Phi) is 2.65. The third-order valence-electron chi connectivity index (χ3n) is 1.44. The minimum absolute atomic E-state index is 0.00606. The van der Waals surface area contributed by atoms with Gasteiger partial charge in [-0.3, -0.25) is 4.79 Å². The number of ether oxygens (including phenoxy) is 1. The van der Waals surface area contributed by atoms with Crippen LogP contribution in [0.4, 0.5) is 0 Å². The molecular formula is C6H12N2O2. The first-order valence-electron chi connectivity index (χ1n) is 3.44. The summed E-state index contributed by atoms with van der Waals surface area (Å²) >= 11 is 0. The highest BCUT2D eigenvalue weighted by molar-refractivity contribution is 5.82. The Bertz CT molecular complexity index is 127. The average Bonchev–Trinajstić information content (AvgIpc) is 2.31. The van der Waals surface area contributed by atoms with Gasteiger partial charge in [0.25, 0.3) is 0 Å². The minimum Gasteiger partial charge on any atom is -0.367 e. The van der Waals surface area contributed by atoms with Gasteiger partial charge in [-0.05, 0) is 6.42 Å². The van der Waals surface area contributed by atoms with E-state index in [1.807, 2.05) is 0 Å². The van der Waals surface area contributed by atoms with Crippen molar-refractivity contribution in [2.24, 2.45) is 5.73 Å². The maximum atomic E-state index is 10.8. The molecule has 0 saturated carbocycles. The molecule has 1 aliphatic heterocycles. The van der Waals surface area contributed by atoms with Crippen molar-refractivity contribution >= 4 is 5.91 Å². The quantitative estimate of drug-likeness (QED) is 0.525. The van der Waals surface area contributed by atoms with Crippen molar-refractivity contribution in [3.8, 4) is 0 Å². The normalized spacial score (nSPS) is 24.9. The summed E-state index contributed by atoms with van der Waals surface area (Å²) in [6, 6.07) is 0. The standard InChI is InChI=1S/C6H12N2O2/c7-2-4-10-5-1-3-8-6(5)9/h5H,1-4,7H2,(H,8,9)/t5-/m1/s1. The maximum absolute atomic E-state index is 10.8. The van der Waals surface area contributed by atoms with Crippen molar-refractivity contribution in [1.29, 1.82) is 0 Å². The number of amides is 1. The van der Waals surface area contributed by atoms with Gasteiger partial charge in [-0.1, -0.05) is 0 Å². The van der Waals surface area contributed by atoms with Crippen LogP contribution in [0.25, 0.3) is 0 Å². The van der Waals surface area contributed by atoms with E-state index in [-0.39, 0.29) is 12.0 Å². The smallest absolute Gasteiger partial charge is 0.249 e. The zero-order chi connectivity index (χ0) is 7.40. The van der Waals surface area contributed by atoms with Crippen LogP contribution >= 0.6 is 0 Å². The van der Waals surface area contributed by atoms with E-state index >= 15 is 0 Å². The van der Waals surface area contributed by atoms with E-state index in [1.54, 1.807) is 0 Å². The Labute approximate surface area is 59.7 Å². The lowest BCUT2D eigenvalue weighted by Crippen LogP contribution is -2.27. The van der Waals surface area contributed by atoms with Crippen LogP contribution in [0.5, 0.6) is 0 Å². The monoisotopic (exact) mass is 144 g/mol. The van der Waals surface area contributed by atoms with Gasteiger partial charge < -0.3 is 15.8 Å². The number of rotatable bonds is 3. The zero-order valence-corrected chi connectivity index (χ0v) is 5.80. The number of carbonyl (C=O) groups is 1. The molecule has 4 nitrogen and oxygen atoms in total. The van der Waals surface area contributed by atoms with Crippen LogP contribution in [-0.4, -0.2) is 31.7 Å². The van der Waals surface area contributed by atoms with Crippen molar-refractivity contribution in [3.05, 3.63) is 0 Å². The zero-order valence-electron chi connectivity index (χ0n) is 5.80. The summed E-state index contributed by atoms with van der Waals surface area (Å²) in [6.45, 7) is 1.68. The van der Waals surface area contributed by atoms with E-state index in [0.29, 0.717) is 13.2 Å². The van der Waals surface area contributed by atoms with E-state index in [1.165, 1.54) is 0 Å². The van der Waals surface area contributed by atoms with Crippen molar-refractivity contribution in [1.82, 2.24) is 5.32 Å². The molecule has 3 N–H and O–H groups in total. The average molecular weight is 144 g/mol. The molecule has 1 rings (SSSR count). The molecule has 1 amide bonds. The van der Waals surface area contributed by atoms with Crippen LogP contribution in [0.3, 0.4) is 0 Å². The van der Waals surface area contributed by atoms with Gasteiger partial charge in [-0.15, -0.1) is 0 Å². The fraction of sp³-hybridized carbons (Fsp3) is 0.833. The molecule has 1 heterocycles. The summed E-state index contributed by atoms with van der Waals surface area (Å²) in [6.07, 6.45) is 0.530. The Morgan fingerprint density at radius 3 is 3.10 bits per heavy atom. The summed E-state index contributed by atoms with van der Waals surface area (Å²) in [4.78, 5) is 10.8. The molecule has 0 unspecified atom stereocenters. The topological polar surface area (TPSA) is 64.3 Å². The van der Waals surface area contributed by atoms with Crippen molar-refractivity contribution in [2.75, 3.05) is 19.7 Å². The van der Waals surface area contributed by atoms with Crippen molar-refractivity contribution < 1.29 is 9.53 Å². The molecule has 4 heteroatoms. The molecule has 0 spiro atoms. The highest BCUT2D eigenvalue weighted by Crippen LogP contribution is 2.03. The molecule has 0 aromatic rings. The van der Waals surface area contributed by atoms with Crippen LogP contribution in [0.2, 0.25) is 0 Å². The lowest BCUT2D eigenvalue weighted by Gasteiger charge is -2.05. The molecule has 0 aromatic heterocycles. The lowest BCUT2D eigenvalue weighted by molar-refractivity contribution is -0.128. The summed E-state index contributed by atoms with van der Waals surface area (Å²) in [5.74, 6) is -0.00606. The highest BCUT2D eigenvalue weighted by Gasteiger charge is 2.23. The Hall–Kier alpha value is -0.610. The minimum atomic E-state index is -0.247. The number of hydrogen-bond acceptors (Lipinski definition) is 3. The van der Waals surface area contributed by atoms with Gasteiger partial charge in [0.15, 0.2) is 0 Å². The van der Waals surface area contributed by atoms with Crippen LogP contribution in [0.15, 0.2) is 0 Å². The van der Waals surface area contributed by atoms with Crippen molar-refractivity contribution in [2.45, 2.75) is 12.5 Å². The summed E-state index contributed by atoms with van der Waals surface area (Å²) in [5.41, 5.74) is 5.20. The molecule has 0 bridgehead atoms. The van der Waals surface area contributed by atoms with Crippen LogP contribution < -0.4 is 11.1 Å². The van der Waals surface area contributed by atoms with Gasteiger partial charge >= 0.3 is 0 Å². The Morgan fingerprint density at radius 1 is 1.80 bits per heavy atom. The number of nitrogens with two attached hydrogens (primary N) is 1. The van der Waals surface area contributed by atoms with Crippen LogP contribution in [-0.2, 0) is 9.53 Å². The third-order valence-corrected chi connectivity index (χ3v) is 1.44. The summed E-state index contributed by atoms with van der Waals surface area (Å²) in [7, 11) is 0. The first kappa shape index (κ1) is 7.50. The van der Waals surface area contributed by atoms with Gasteiger partial charge in [0.05, 0.1) is 6.61 Å². The molecule has 0 radical (unpaired) electrons. The van der Waals surface area contributed by atoms with Gasteiger partial charge in [-0.25, -0.2) is 0 Å². The van der Waals surface area contributed by atoms with Gasteiger partial charge in [0, 0.05) is 13.1 Å². The fourth-order valence-corrected chi connectivity index (χ4v) is 0.941. The third kappa shape index (κ3) is 1.68. The number of nitrogens with one attached hydrogen (secondary N) is 1. The molecule has 0 aliphatic carbocycles. The first-order valence-corrected chi connectivity index (χ1v) is 3.44. The van der Waals surface area contributed by atoms with Gasteiger partial charge in [-0.2, -0.15) is 0 Å². The predicted octanol–water partition coefficient (Wildman–Crippen LogP) is -1.15. The summed E-state index contributed by atoms with van der Waals surface area (Å²) < 4.78 is 5.13. The Balaban J connectivity index is 2.20. The second kappa shape index (κ2) is 3.53. The Morgan fingerprint density at radius 2 is 2.60 bits per heavy atom. The van der Waals surface area contributed by atoms with Crippen molar-refractivity contribution in [3.63, 3.8) is 0 Å². The number of carbonyl (C=O) groups excluding carboxylic acids is 1. The van der Waals surface area contributed by atoms with Crippen LogP contribution in [0, 0.1) is 0 Å². The SMILES string of the molecule is NCCO[C@@H]1CCNC1=O. The van der Waals surface area contributed by atoms with Gasteiger partial charge in [0.2, 0.25) is 5.91 Å². The first-order chi connectivity index (χ1) is 4.84. The predicted molar refractivity (Wildman–Crippen MR) is 36.4 cm³/mol. The maximum Gasteiger partial charge on any atom is 0.249 e. The molecule has 1 atom stereocenters. The molecule has 1 fully saturated rings. The van der Waals surface area contributed by atoms with E-state index in [0.717, 1.165) is 13.0 Å².